The number of carbonyl (C=O) groups excluding carboxylic acids is 3. The van der Waals surface area contributed by atoms with Gasteiger partial charge in [-0.15, -0.1) is 0 Å². The Labute approximate surface area is 484 Å². The van der Waals surface area contributed by atoms with E-state index in [0.29, 0.717) is 160 Å². The molecule has 0 unspecified atom stereocenters. The Morgan fingerprint density at radius 1 is 0.524 bits per heavy atom. The van der Waals surface area contributed by atoms with Crippen LogP contribution in [0.4, 0.5) is 0 Å². The fourth-order valence-electron chi connectivity index (χ4n) is 11.5. The molecular weight excluding hydrogens is 1050 g/mol. The molecule has 0 radical (unpaired) electrons. The van der Waals surface area contributed by atoms with Crippen LogP contribution in [0.5, 0.6) is 28.7 Å². The number of rotatable bonds is 16. The predicted molar refractivity (Wildman–Crippen MR) is 316 cm³/mol. The van der Waals surface area contributed by atoms with Crippen molar-refractivity contribution in [1.82, 2.24) is 14.7 Å². The lowest BCUT2D eigenvalue weighted by Gasteiger charge is -2.37. The minimum Gasteiger partial charge on any atom is -0.496 e. The van der Waals surface area contributed by atoms with Gasteiger partial charge >= 0.3 is 0 Å². The third kappa shape index (κ3) is 12.2. The summed E-state index contributed by atoms with van der Waals surface area (Å²) in [4.78, 5) is 43.0. The SMILES string of the molecule is C=CC(=O)N1CCC(Oc2cc(C#N)cc(-c3ccc(-c4c(C#N)cc(-c5ccc(-c6c(C#N)cc(-c7ccccc7OC)cc6O[C@H]6CCN(C(=O)C=C)[C@H](C)C6)cc5OC)cc4O[C@H]4CCN(C(=O)C=C)[C@@H](C)C4)cc3Cl)c2)CC1. The molecule has 0 spiro atoms. The highest BCUT2D eigenvalue weighted by Gasteiger charge is 2.33. The van der Waals surface area contributed by atoms with Crippen LogP contribution in [0.25, 0.3) is 55.6 Å². The molecule has 6 aromatic rings. The third-order valence-corrected chi connectivity index (χ3v) is 16.0. The van der Waals surface area contributed by atoms with Crippen molar-refractivity contribution in [2.24, 2.45) is 0 Å². The van der Waals surface area contributed by atoms with Gasteiger partial charge in [0, 0.05) is 110 Å². The number of halogens is 1. The topological polar surface area (TPSA) is 178 Å². The fraction of sp³-hybridized carbons (Fsp3) is 0.284. The van der Waals surface area contributed by atoms with E-state index < -0.39 is 0 Å². The molecule has 3 heterocycles. The number of methoxy groups -OCH3 is 2. The largest absolute Gasteiger partial charge is 0.496 e. The Kier molecular flexibility index (Phi) is 17.8. The smallest absolute Gasteiger partial charge is 0.246 e. The summed E-state index contributed by atoms with van der Waals surface area (Å²) in [6.07, 6.45) is 6.57. The molecule has 6 aromatic carbocycles. The van der Waals surface area contributed by atoms with Crippen molar-refractivity contribution in [1.29, 1.82) is 15.8 Å². The van der Waals surface area contributed by atoms with Crippen molar-refractivity contribution < 1.29 is 38.1 Å². The number of benzene rings is 6. The van der Waals surface area contributed by atoms with Gasteiger partial charge in [-0.3, -0.25) is 14.4 Å². The van der Waals surface area contributed by atoms with Crippen molar-refractivity contribution in [3.63, 3.8) is 0 Å². The van der Waals surface area contributed by atoms with Gasteiger partial charge in [0.05, 0.1) is 49.1 Å². The average Bonchev–Trinajstić information content (AvgIpc) is 3.66. The molecule has 0 bridgehead atoms. The number of carbonyl (C=O) groups is 3. The Morgan fingerprint density at radius 2 is 1.01 bits per heavy atom. The molecule has 0 N–H and O–H groups in total. The van der Waals surface area contributed by atoms with Gasteiger partial charge in [-0.25, -0.2) is 0 Å². The molecule has 82 heavy (non-hydrogen) atoms. The molecule has 0 aromatic heterocycles. The quantitative estimate of drug-likeness (QED) is 0.0842. The Morgan fingerprint density at radius 3 is 1.51 bits per heavy atom. The minimum absolute atomic E-state index is 0.116. The number of piperidine rings is 3. The number of ether oxygens (including phenoxy) is 5. The molecule has 3 aliphatic heterocycles. The van der Waals surface area contributed by atoms with Gasteiger partial charge < -0.3 is 38.4 Å². The van der Waals surface area contributed by atoms with Crippen LogP contribution in [-0.4, -0.2) is 103 Å². The van der Waals surface area contributed by atoms with Crippen LogP contribution in [0, 0.1) is 34.0 Å². The van der Waals surface area contributed by atoms with Gasteiger partial charge in [0.2, 0.25) is 17.7 Å². The average molecular weight is 1120 g/mol. The van der Waals surface area contributed by atoms with Crippen LogP contribution >= 0.6 is 11.6 Å². The van der Waals surface area contributed by atoms with Crippen molar-refractivity contribution in [3.05, 3.63) is 163 Å². The molecular formula is C67H63ClN6O8. The van der Waals surface area contributed by atoms with E-state index in [2.05, 4.69) is 37.9 Å². The van der Waals surface area contributed by atoms with E-state index in [1.165, 1.54) is 18.2 Å². The van der Waals surface area contributed by atoms with Crippen molar-refractivity contribution in [2.45, 2.75) is 82.8 Å². The Hall–Kier alpha value is -9.29. The van der Waals surface area contributed by atoms with Crippen LogP contribution < -0.4 is 23.7 Å². The highest BCUT2D eigenvalue weighted by molar-refractivity contribution is 6.33. The highest BCUT2D eigenvalue weighted by Crippen LogP contribution is 2.47. The second-order valence-electron chi connectivity index (χ2n) is 20.7. The lowest BCUT2D eigenvalue weighted by atomic mass is 9.90. The summed E-state index contributed by atoms with van der Waals surface area (Å²) in [5.41, 5.74) is 7.40. The van der Waals surface area contributed by atoms with Gasteiger partial charge in [0.1, 0.15) is 47.1 Å². The number of amides is 3. The summed E-state index contributed by atoms with van der Waals surface area (Å²) in [6.45, 7) is 16.9. The van der Waals surface area contributed by atoms with Crippen molar-refractivity contribution in [3.8, 4) is 103 Å². The van der Waals surface area contributed by atoms with E-state index in [-0.39, 0.29) is 48.1 Å². The maximum Gasteiger partial charge on any atom is 0.246 e. The summed E-state index contributed by atoms with van der Waals surface area (Å²) in [7, 11) is 3.17. The molecule has 0 aliphatic carbocycles. The number of nitrogens with zero attached hydrogens (tertiary/aromatic N) is 6. The molecule has 14 nitrogen and oxygen atoms in total. The Bertz CT molecular complexity index is 3620. The zero-order chi connectivity index (χ0) is 58.2. The standard InChI is InChI=1S/C67H63ClN6O8/c1-8-63(75)72-23-19-51(20-24-72)80-54-30-43(38-69)29-46(33-54)55-17-15-44(34-58(55)68)66-49(39-70)32-48(37-61(66)81-52-21-25-73(41(4)27-52)64(76)9-2)57-18-16-45(35-60(57)79-7)67-50(40-71)31-47(56-13-11-12-14-59(56)78-6)36-62(67)82-53-22-26-74(42(5)28-53)65(77)10-3/h8-18,29-37,41-42,51-53H,1-3,19-28H2,4-7H3/t41-,42+,52-,53-/m0/s1. The van der Waals surface area contributed by atoms with E-state index in [0.717, 1.165) is 11.1 Å². The van der Waals surface area contributed by atoms with Gasteiger partial charge in [-0.2, -0.15) is 15.8 Å². The first-order valence-corrected chi connectivity index (χ1v) is 27.7. The monoisotopic (exact) mass is 1110 g/mol. The maximum absolute atomic E-state index is 12.8. The zero-order valence-electron chi connectivity index (χ0n) is 46.5. The molecule has 3 aliphatic rings. The molecule has 3 amide bonds. The molecule has 9 rings (SSSR count). The van der Waals surface area contributed by atoms with Crippen molar-refractivity contribution >= 4 is 29.3 Å². The van der Waals surface area contributed by atoms with E-state index in [1.807, 2.05) is 92.7 Å². The number of nitriles is 3. The first-order valence-electron chi connectivity index (χ1n) is 27.3. The maximum atomic E-state index is 12.8. The van der Waals surface area contributed by atoms with Crippen LogP contribution in [0.15, 0.2) is 141 Å². The third-order valence-electron chi connectivity index (χ3n) is 15.7. The summed E-state index contributed by atoms with van der Waals surface area (Å²) in [5, 5.41) is 32.5. The Balaban J connectivity index is 1.11. The molecule has 0 saturated carbocycles. The van der Waals surface area contributed by atoms with Crippen molar-refractivity contribution in [2.75, 3.05) is 40.4 Å². The number of likely N-dealkylation sites (tertiary alicyclic amines) is 3. The first-order chi connectivity index (χ1) is 39.7. The highest BCUT2D eigenvalue weighted by atomic mass is 35.5. The number of hydrogen-bond donors (Lipinski definition) is 0. The van der Waals surface area contributed by atoms with Crippen LogP contribution in [0.1, 0.15) is 69.1 Å². The minimum atomic E-state index is -0.343. The van der Waals surface area contributed by atoms with Gasteiger partial charge in [0.25, 0.3) is 0 Å². The predicted octanol–water partition coefficient (Wildman–Crippen LogP) is 12.8. The second-order valence-corrected chi connectivity index (χ2v) is 21.1. The lowest BCUT2D eigenvalue weighted by molar-refractivity contribution is -0.131. The van der Waals surface area contributed by atoms with Gasteiger partial charge in [-0.05, 0) is 121 Å². The van der Waals surface area contributed by atoms with Crippen LogP contribution in [-0.2, 0) is 14.4 Å². The van der Waals surface area contributed by atoms with Crippen LogP contribution in [0.3, 0.4) is 0 Å². The first kappa shape index (κ1) is 57.4. The zero-order valence-corrected chi connectivity index (χ0v) is 47.2. The summed E-state index contributed by atoms with van der Waals surface area (Å²) < 4.78 is 32.3. The molecule has 416 valence electrons. The van der Waals surface area contributed by atoms with E-state index in [1.54, 1.807) is 53.2 Å². The summed E-state index contributed by atoms with van der Waals surface area (Å²) >= 11 is 7.23. The van der Waals surface area contributed by atoms with E-state index >= 15 is 0 Å². The van der Waals surface area contributed by atoms with Gasteiger partial charge in [-0.1, -0.05) is 73.8 Å². The molecule has 15 heteroatoms. The lowest BCUT2D eigenvalue weighted by Crippen LogP contribution is -2.46. The molecule has 3 saturated heterocycles. The summed E-state index contributed by atoms with van der Waals surface area (Å²) in [6, 6.07) is 38.3. The summed E-state index contributed by atoms with van der Waals surface area (Å²) in [5.74, 6) is 2.07. The number of hydrogen-bond acceptors (Lipinski definition) is 11. The molecule has 4 atom stereocenters. The van der Waals surface area contributed by atoms with E-state index in [4.69, 9.17) is 35.3 Å². The normalized spacial score (nSPS) is 18.0. The van der Waals surface area contributed by atoms with Crippen LogP contribution in [0.2, 0.25) is 5.02 Å². The fourth-order valence-corrected chi connectivity index (χ4v) is 11.8. The molecule has 3 fully saturated rings. The number of para-hydroxylation sites is 1. The second kappa shape index (κ2) is 25.4. The van der Waals surface area contributed by atoms with E-state index in [9.17, 15) is 30.2 Å². The van der Waals surface area contributed by atoms with Gasteiger partial charge in [0.15, 0.2) is 0 Å².